The molecule has 0 unspecified atom stereocenters. The van der Waals surface area contributed by atoms with Crippen molar-refractivity contribution in [2.75, 3.05) is 5.32 Å². The van der Waals surface area contributed by atoms with Crippen molar-refractivity contribution in [2.24, 2.45) is 5.16 Å². The van der Waals surface area contributed by atoms with Gasteiger partial charge in [0.25, 0.3) is 8.32 Å². The van der Waals surface area contributed by atoms with Gasteiger partial charge in [-0.2, -0.15) is 0 Å². The molecule has 0 atom stereocenters. The molecule has 0 saturated heterocycles. The van der Waals surface area contributed by atoms with Crippen LogP contribution in [0.2, 0.25) is 36.3 Å². The lowest BCUT2D eigenvalue weighted by Crippen LogP contribution is -2.40. The highest BCUT2D eigenvalue weighted by Crippen LogP contribution is 2.42. The summed E-state index contributed by atoms with van der Waals surface area (Å²) in [6.45, 7) is 23.3. The number of thiophene rings is 1. The summed E-state index contributed by atoms with van der Waals surface area (Å²) in [5.41, 5.74) is 5.83. The summed E-state index contributed by atoms with van der Waals surface area (Å²) >= 11 is 1.77. The van der Waals surface area contributed by atoms with Gasteiger partial charge in [0, 0.05) is 29.0 Å². The van der Waals surface area contributed by atoms with Crippen LogP contribution in [0.3, 0.4) is 0 Å². The van der Waals surface area contributed by atoms with Crippen molar-refractivity contribution in [2.45, 2.75) is 97.3 Å². The first-order chi connectivity index (χ1) is 17.1. The number of oxime groups is 1. The van der Waals surface area contributed by atoms with Gasteiger partial charge < -0.3 is 14.3 Å². The molecule has 0 bridgehead atoms. The molecule has 37 heavy (non-hydrogen) atoms. The number of nitrogens with one attached hydrogen (secondary N) is 1. The van der Waals surface area contributed by atoms with Crippen LogP contribution in [0.15, 0.2) is 41.8 Å². The molecule has 200 valence electrons. The number of anilines is 2. The molecule has 1 aromatic carbocycles. The van der Waals surface area contributed by atoms with Crippen molar-refractivity contribution in [3.05, 3.63) is 52.7 Å². The molecule has 0 radical (unpaired) electrons. The lowest BCUT2D eigenvalue weighted by molar-refractivity contribution is 0.280. The molecule has 4 rings (SSSR count). The first-order valence-corrected chi connectivity index (χ1v) is 19.9. The zero-order chi connectivity index (χ0) is 27.2. The highest BCUT2D eigenvalue weighted by atomic mass is 32.1. The van der Waals surface area contributed by atoms with Crippen LogP contribution in [0, 0.1) is 0 Å². The van der Waals surface area contributed by atoms with E-state index in [2.05, 4.69) is 107 Å². The Morgan fingerprint density at radius 1 is 0.973 bits per heavy atom. The number of aromatic nitrogens is 1. The van der Waals surface area contributed by atoms with Crippen molar-refractivity contribution in [1.29, 1.82) is 0 Å². The highest BCUT2D eigenvalue weighted by Gasteiger charge is 2.40. The summed E-state index contributed by atoms with van der Waals surface area (Å²) in [6.07, 6.45) is 5.73. The molecule has 2 heterocycles. The maximum absolute atomic E-state index is 6.62. The Kier molecular flexibility index (Phi) is 7.53. The first-order valence-electron chi connectivity index (χ1n) is 13.2. The molecule has 5 nitrogen and oxygen atoms in total. The average molecular weight is 554 g/mol. The Labute approximate surface area is 228 Å². The number of hydrogen-bond donors (Lipinski definition) is 1. The van der Waals surface area contributed by atoms with E-state index in [9.17, 15) is 0 Å². The van der Waals surface area contributed by atoms with Gasteiger partial charge in [0.2, 0.25) is 0 Å². The molecule has 0 spiro atoms. The molecule has 0 saturated carbocycles. The molecule has 2 aromatic heterocycles. The zero-order valence-electron chi connectivity index (χ0n) is 24.2. The van der Waals surface area contributed by atoms with Crippen molar-refractivity contribution in [1.82, 2.24) is 4.98 Å². The predicted molar refractivity (Wildman–Crippen MR) is 164 cm³/mol. The van der Waals surface area contributed by atoms with Gasteiger partial charge in [0.05, 0.1) is 27.6 Å². The van der Waals surface area contributed by atoms with Crippen LogP contribution >= 0.6 is 11.3 Å². The van der Waals surface area contributed by atoms with Gasteiger partial charge in [-0.15, -0.1) is 16.5 Å². The summed E-state index contributed by atoms with van der Waals surface area (Å²) < 4.78 is 14.0. The van der Waals surface area contributed by atoms with E-state index in [4.69, 9.17) is 8.95 Å². The van der Waals surface area contributed by atoms with Crippen LogP contribution in [0.4, 0.5) is 11.4 Å². The van der Waals surface area contributed by atoms with Gasteiger partial charge in [-0.25, -0.2) is 0 Å². The van der Waals surface area contributed by atoms with Gasteiger partial charge in [0.1, 0.15) is 0 Å². The molecular formula is C29H43N3O2SSi2. The van der Waals surface area contributed by atoms with E-state index in [0.29, 0.717) is 6.61 Å². The smallest absolute Gasteiger partial charge is 0.286 e. The summed E-state index contributed by atoms with van der Waals surface area (Å²) in [4.78, 5) is 5.58. The monoisotopic (exact) mass is 553 g/mol. The molecule has 0 amide bonds. The topological polar surface area (TPSA) is 55.7 Å². The summed E-state index contributed by atoms with van der Waals surface area (Å²) in [7, 11) is -3.79. The molecule has 0 fully saturated rings. The van der Waals surface area contributed by atoms with Crippen molar-refractivity contribution in [3.8, 4) is 0 Å². The number of nitrogens with zero attached hydrogens (tertiary/aromatic N) is 2. The quantitative estimate of drug-likeness (QED) is 0.234. The SMILES string of the molecule is CC(C)(C)[Si](C)(C)OCc1sc2cnccc2c1Nc1ccc2c(c1)CC/C2=N/O[Si](C)(C)C(C)(C)C. The molecule has 8 heteroatoms. The molecular weight excluding hydrogens is 511 g/mol. The Morgan fingerprint density at radius 2 is 1.68 bits per heavy atom. The third-order valence-corrected chi connectivity index (χ3v) is 18.2. The van der Waals surface area contributed by atoms with Crippen LogP contribution in [-0.2, 0) is 22.0 Å². The van der Waals surface area contributed by atoms with E-state index in [-0.39, 0.29) is 10.1 Å². The van der Waals surface area contributed by atoms with Crippen LogP contribution in [0.25, 0.3) is 10.1 Å². The molecule has 3 aromatic rings. The maximum atomic E-state index is 6.62. The number of fused-ring (bicyclic) bond motifs is 2. The standard InChI is InChI=1S/C29H43N3O2SSi2/c1-28(2,3)36(7,8)33-19-26-27(23-15-16-30-18-25(23)35-26)31-21-12-13-22-20(17-21)11-14-24(22)32-34-37(9,10)29(4,5)6/h12-13,15-18,31H,11,14,19H2,1-10H3/b32-24-. The van der Waals surface area contributed by atoms with E-state index < -0.39 is 16.6 Å². The molecule has 0 aliphatic heterocycles. The van der Waals surface area contributed by atoms with E-state index in [1.165, 1.54) is 26.1 Å². The van der Waals surface area contributed by atoms with E-state index in [1.807, 2.05) is 12.4 Å². The minimum atomic E-state index is -1.93. The minimum absolute atomic E-state index is 0.136. The minimum Gasteiger partial charge on any atom is -0.455 e. The van der Waals surface area contributed by atoms with Crippen LogP contribution in [0.1, 0.15) is 64.0 Å². The largest absolute Gasteiger partial charge is 0.455 e. The first kappa shape index (κ1) is 28.0. The average Bonchev–Trinajstić information content (AvgIpc) is 3.36. The Balaban J connectivity index is 1.59. The van der Waals surface area contributed by atoms with Crippen molar-refractivity contribution in [3.63, 3.8) is 0 Å². The third kappa shape index (κ3) is 5.87. The number of rotatable bonds is 7. The Morgan fingerprint density at radius 3 is 2.35 bits per heavy atom. The van der Waals surface area contributed by atoms with E-state index in [0.717, 1.165) is 29.9 Å². The lowest BCUT2D eigenvalue weighted by atomic mass is 10.1. The number of benzene rings is 1. The fourth-order valence-electron chi connectivity index (χ4n) is 3.80. The second-order valence-electron chi connectivity index (χ2n) is 13.2. The van der Waals surface area contributed by atoms with Gasteiger partial charge in [0.15, 0.2) is 8.32 Å². The van der Waals surface area contributed by atoms with E-state index >= 15 is 0 Å². The number of aryl methyl sites for hydroxylation is 1. The summed E-state index contributed by atoms with van der Waals surface area (Å²) in [6, 6.07) is 8.73. The normalized spacial score (nSPS) is 15.9. The Hall–Kier alpha value is -2.01. The van der Waals surface area contributed by atoms with Gasteiger partial charge in [-0.3, -0.25) is 4.98 Å². The van der Waals surface area contributed by atoms with Crippen molar-refractivity contribution >= 4 is 55.1 Å². The highest BCUT2D eigenvalue weighted by molar-refractivity contribution is 7.19. The van der Waals surface area contributed by atoms with Gasteiger partial charge in [-0.05, 0) is 72.9 Å². The molecule has 1 N–H and O–H groups in total. The molecule has 1 aliphatic rings. The number of hydrogen-bond acceptors (Lipinski definition) is 6. The van der Waals surface area contributed by atoms with Gasteiger partial charge >= 0.3 is 0 Å². The lowest BCUT2D eigenvalue weighted by Gasteiger charge is -2.36. The zero-order valence-corrected chi connectivity index (χ0v) is 27.0. The second kappa shape index (κ2) is 9.95. The summed E-state index contributed by atoms with van der Waals surface area (Å²) in [5.74, 6) is 0. The third-order valence-electron chi connectivity index (χ3n) is 8.44. The summed E-state index contributed by atoms with van der Waals surface area (Å²) in [5, 5.41) is 9.92. The fourth-order valence-corrected chi connectivity index (χ4v) is 6.49. The maximum Gasteiger partial charge on any atom is 0.286 e. The van der Waals surface area contributed by atoms with Crippen LogP contribution in [-0.4, -0.2) is 27.3 Å². The number of pyridine rings is 1. The predicted octanol–water partition coefficient (Wildman–Crippen LogP) is 9.23. The van der Waals surface area contributed by atoms with Crippen LogP contribution in [0.5, 0.6) is 0 Å². The van der Waals surface area contributed by atoms with Crippen molar-refractivity contribution < 1.29 is 8.95 Å². The molecule has 1 aliphatic carbocycles. The fraction of sp³-hybridized carbons (Fsp3) is 0.517. The Bertz CT molecular complexity index is 1320. The second-order valence-corrected chi connectivity index (χ2v) is 23.9. The van der Waals surface area contributed by atoms with E-state index in [1.54, 1.807) is 11.3 Å². The van der Waals surface area contributed by atoms with Crippen LogP contribution < -0.4 is 5.32 Å². The van der Waals surface area contributed by atoms with Gasteiger partial charge in [-0.1, -0.05) is 47.6 Å².